The Morgan fingerprint density at radius 3 is 2.56 bits per heavy atom. The molecule has 0 saturated heterocycles. The normalized spacial score (nSPS) is 11.3. The van der Waals surface area contributed by atoms with E-state index in [1.807, 2.05) is 55.7 Å². The van der Waals surface area contributed by atoms with E-state index < -0.39 is 0 Å². The Morgan fingerprint density at radius 2 is 1.78 bits per heavy atom. The average Bonchev–Trinajstić information content (AvgIpc) is 3.35. The molecule has 6 heteroatoms. The number of aryl methyl sites for hydroxylation is 1. The molecule has 27 heavy (non-hydrogen) atoms. The number of fused-ring (bicyclic) bond motifs is 2. The van der Waals surface area contributed by atoms with E-state index in [4.69, 9.17) is 0 Å². The number of hydrogen-bond donors (Lipinski definition) is 1. The van der Waals surface area contributed by atoms with Crippen LogP contribution in [-0.4, -0.2) is 25.0 Å². The van der Waals surface area contributed by atoms with Crippen molar-refractivity contribution >= 4 is 21.7 Å². The summed E-state index contributed by atoms with van der Waals surface area (Å²) in [6, 6.07) is 13.4. The molecule has 0 fully saturated rings. The second kappa shape index (κ2) is 5.88. The molecule has 3 heterocycles. The molecule has 0 amide bonds. The van der Waals surface area contributed by atoms with Crippen molar-refractivity contribution in [2.75, 3.05) is 0 Å². The summed E-state index contributed by atoms with van der Waals surface area (Å²) in [5, 5.41) is 13.3. The Bertz CT molecular complexity index is 1350. The van der Waals surface area contributed by atoms with Gasteiger partial charge in [0.2, 0.25) is 0 Å². The average molecular weight is 353 g/mol. The minimum atomic E-state index is -0.0374. The molecule has 5 rings (SSSR count). The SMILES string of the molecule is Cn1cc(-c2cnc3ccc4ccc(-c5ccn[nH]5)cc4c(=O)c3c2)cn1. The van der Waals surface area contributed by atoms with Crippen molar-refractivity contribution in [3.8, 4) is 22.4 Å². The van der Waals surface area contributed by atoms with Crippen LogP contribution >= 0.6 is 0 Å². The third kappa shape index (κ3) is 2.58. The van der Waals surface area contributed by atoms with E-state index in [0.717, 1.165) is 27.8 Å². The van der Waals surface area contributed by atoms with Gasteiger partial charge in [-0.2, -0.15) is 10.2 Å². The maximum absolute atomic E-state index is 13.3. The van der Waals surface area contributed by atoms with E-state index in [2.05, 4.69) is 20.3 Å². The topological polar surface area (TPSA) is 76.5 Å². The van der Waals surface area contributed by atoms with Crippen LogP contribution in [0, 0.1) is 0 Å². The van der Waals surface area contributed by atoms with Crippen LogP contribution in [0.3, 0.4) is 0 Å². The zero-order valence-corrected chi connectivity index (χ0v) is 14.5. The molecule has 0 saturated carbocycles. The summed E-state index contributed by atoms with van der Waals surface area (Å²) >= 11 is 0. The fourth-order valence-corrected chi connectivity index (χ4v) is 3.31. The molecule has 1 N–H and O–H groups in total. The lowest BCUT2D eigenvalue weighted by molar-refractivity contribution is 0.768. The van der Waals surface area contributed by atoms with Gasteiger partial charge in [-0.05, 0) is 29.7 Å². The van der Waals surface area contributed by atoms with E-state index in [1.54, 1.807) is 23.3 Å². The number of nitrogens with zero attached hydrogens (tertiary/aromatic N) is 4. The maximum Gasteiger partial charge on any atom is 0.195 e. The number of pyridine rings is 1. The quantitative estimate of drug-likeness (QED) is 0.527. The summed E-state index contributed by atoms with van der Waals surface area (Å²) < 4.78 is 1.73. The van der Waals surface area contributed by atoms with Crippen molar-refractivity contribution in [2.45, 2.75) is 0 Å². The lowest BCUT2D eigenvalue weighted by atomic mass is 10.1. The number of H-pyrrole nitrogens is 1. The molecule has 0 bridgehead atoms. The highest BCUT2D eigenvalue weighted by atomic mass is 16.1. The van der Waals surface area contributed by atoms with Crippen LogP contribution in [0.4, 0.5) is 0 Å². The first kappa shape index (κ1) is 15.5. The number of benzene rings is 1. The Kier molecular flexibility index (Phi) is 3.36. The molecule has 0 aliphatic heterocycles. The van der Waals surface area contributed by atoms with Crippen LogP contribution in [0.5, 0.6) is 0 Å². The molecule has 5 aromatic rings. The number of aromatic amines is 1. The van der Waals surface area contributed by atoms with Gasteiger partial charge in [0.15, 0.2) is 5.43 Å². The van der Waals surface area contributed by atoms with Crippen LogP contribution in [0.15, 0.2) is 72.0 Å². The monoisotopic (exact) mass is 353 g/mol. The third-order valence-electron chi connectivity index (χ3n) is 4.73. The second-order valence-electron chi connectivity index (χ2n) is 6.49. The number of nitrogens with one attached hydrogen (secondary N) is 1. The summed E-state index contributed by atoms with van der Waals surface area (Å²) in [6.45, 7) is 0. The predicted octanol–water partition coefficient (Wildman–Crippen LogP) is 3.54. The van der Waals surface area contributed by atoms with Gasteiger partial charge in [0.05, 0.1) is 17.4 Å². The first-order valence-electron chi connectivity index (χ1n) is 8.55. The Balaban J connectivity index is 1.80. The standard InChI is InChI=1S/C21H15N5O/c1-26-12-16(11-24-26)15-9-18-20(22-10-15)5-4-13-2-3-14(8-17(13)21(18)27)19-6-7-23-25-19/h2-12H,1H3,(H,23,25). The van der Waals surface area contributed by atoms with Gasteiger partial charge in [-0.3, -0.25) is 19.6 Å². The number of rotatable bonds is 2. The van der Waals surface area contributed by atoms with Crippen molar-refractivity contribution in [1.82, 2.24) is 25.0 Å². The Labute approximate surface area is 154 Å². The van der Waals surface area contributed by atoms with Gasteiger partial charge in [0.1, 0.15) is 0 Å². The van der Waals surface area contributed by atoms with E-state index in [1.165, 1.54) is 0 Å². The number of hydrogen-bond acceptors (Lipinski definition) is 4. The molecule has 0 spiro atoms. The van der Waals surface area contributed by atoms with Gasteiger partial charge >= 0.3 is 0 Å². The third-order valence-corrected chi connectivity index (χ3v) is 4.73. The smallest absolute Gasteiger partial charge is 0.195 e. The molecular formula is C21H15N5O. The largest absolute Gasteiger partial charge is 0.289 e. The van der Waals surface area contributed by atoms with Crippen molar-refractivity contribution in [3.05, 3.63) is 77.5 Å². The van der Waals surface area contributed by atoms with Crippen LogP contribution in [0.2, 0.25) is 0 Å². The van der Waals surface area contributed by atoms with Crippen LogP contribution in [0.25, 0.3) is 44.1 Å². The lowest BCUT2D eigenvalue weighted by Gasteiger charge is -2.00. The van der Waals surface area contributed by atoms with Gasteiger partial charge in [0.25, 0.3) is 0 Å². The van der Waals surface area contributed by atoms with E-state index >= 15 is 0 Å². The molecule has 6 nitrogen and oxygen atoms in total. The fourth-order valence-electron chi connectivity index (χ4n) is 3.31. The minimum Gasteiger partial charge on any atom is -0.289 e. The van der Waals surface area contributed by atoms with Crippen molar-refractivity contribution in [3.63, 3.8) is 0 Å². The van der Waals surface area contributed by atoms with Gasteiger partial charge < -0.3 is 0 Å². The first-order chi connectivity index (χ1) is 13.2. The first-order valence-corrected chi connectivity index (χ1v) is 8.55. The second-order valence-corrected chi connectivity index (χ2v) is 6.49. The maximum atomic E-state index is 13.3. The van der Waals surface area contributed by atoms with Gasteiger partial charge in [0, 0.05) is 53.1 Å². The van der Waals surface area contributed by atoms with Crippen LogP contribution < -0.4 is 5.43 Å². The summed E-state index contributed by atoms with van der Waals surface area (Å²) in [5.41, 5.74) is 4.24. The van der Waals surface area contributed by atoms with E-state index in [0.29, 0.717) is 16.3 Å². The van der Waals surface area contributed by atoms with E-state index in [-0.39, 0.29) is 5.43 Å². The molecule has 3 aromatic heterocycles. The summed E-state index contributed by atoms with van der Waals surface area (Å²) in [6.07, 6.45) is 7.15. The zero-order chi connectivity index (χ0) is 18.4. The molecule has 2 aromatic carbocycles. The van der Waals surface area contributed by atoms with Gasteiger partial charge in [-0.15, -0.1) is 0 Å². The molecule has 0 aliphatic carbocycles. The molecular weight excluding hydrogens is 338 g/mol. The van der Waals surface area contributed by atoms with Crippen molar-refractivity contribution in [1.29, 1.82) is 0 Å². The Morgan fingerprint density at radius 1 is 0.926 bits per heavy atom. The molecule has 0 unspecified atom stereocenters. The molecule has 0 aliphatic rings. The summed E-state index contributed by atoms with van der Waals surface area (Å²) in [5.74, 6) is 0. The van der Waals surface area contributed by atoms with E-state index in [9.17, 15) is 4.79 Å². The summed E-state index contributed by atoms with van der Waals surface area (Å²) in [7, 11) is 1.86. The van der Waals surface area contributed by atoms with Crippen LogP contribution in [-0.2, 0) is 7.05 Å². The lowest BCUT2D eigenvalue weighted by Crippen LogP contribution is -2.00. The summed E-state index contributed by atoms with van der Waals surface area (Å²) in [4.78, 5) is 17.8. The fraction of sp³-hybridized carbons (Fsp3) is 0.0476. The highest BCUT2D eigenvalue weighted by Gasteiger charge is 2.09. The molecule has 0 radical (unpaired) electrons. The predicted molar refractivity (Wildman–Crippen MR) is 105 cm³/mol. The zero-order valence-electron chi connectivity index (χ0n) is 14.5. The molecule has 130 valence electrons. The molecule has 0 atom stereocenters. The number of aromatic nitrogens is 5. The minimum absolute atomic E-state index is 0.0374. The van der Waals surface area contributed by atoms with Crippen molar-refractivity contribution in [2.24, 2.45) is 7.05 Å². The highest BCUT2D eigenvalue weighted by molar-refractivity contribution is 5.94. The van der Waals surface area contributed by atoms with Gasteiger partial charge in [-0.1, -0.05) is 18.2 Å². The Hall–Kier alpha value is -3.80. The van der Waals surface area contributed by atoms with Gasteiger partial charge in [-0.25, -0.2) is 0 Å². The van der Waals surface area contributed by atoms with Crippen molar-refractivity contribution < 1.29 is 0 Å². The van der Waals surface area contributed by atoms with Crippen LogP contribution in [0.1, 0.15) is 0 Å². The highest BCUT2D eigenvalue weighted by Crippen LogP contribution is 2.24.